The molecule has 6 heteroatoms. The van der Waals surface area contributed by atoms with E-state index in [0.29, 0.717) is 12.8 Å². The van der Waals surface area contributed by atoms with Gasteiger partial charge >= 0.3 is 11.9 Å². The molecule has 0 spiro atoms. The van der Waals surface area contributed by atoms with Gasteiger partial charge in [0.15, 0.2) is 6.10 Å². The third kappa shape index (κ3) is 31.1. The summed E-state index contributed by atoms with van der Waals surface area (Å²) >= 11 is 0. The van der Waals surface area contributed by atoms with Gasteiger partial charge < -0.3 is 19.7 Å². The fourth-order valence-corrected chi connectivity index (χ4v) is 4.56. The van der Waals surface area contributed by atoms with E-state index in [1.54, 1.807) is 0 Å². The van der Waals surface area contributed by atoms with Crippen LogP contribution < -0.4 is 0 Å². The summed E-state index contributed by atoms with van der Waals surface area (Å²) in [4.78, 5) is 24.1. The highest BCUT2D eigenvalue weighted by molar-refractivity contribution is 5.70. The molecule has 0 amide bonds. The number of allylic oxidation sites excluding steroid dienone is 7. The van der Waals surface area contributed by atoms with Crippen LogP contribution in [-0.4, -0.2) is 47.6 Å². The van der Waals surface area contributed by atoms with Crippen molar-refractivity contribution < 1.29 is 29.3 Å². The van der Waals surface area contributed by atoms with Crippen molar-refractivity contribution >= 4 is 11.9 Å². The first kappa shape index (κ1) is 40.8. The molecule has 0 aliphatic rings. The maximum absolute atomic E-state index is 12.1. The molecule has 0 bridgehead atoms. The molecule has 0 aromatic rings. The zero-order chi connectivity index (χ0) is 31.6. The van der Waals surface area contributed by atoms with Gasteiger partial charge in [-0.3, -0.25) is 9.59 Å². The predicted octanol–water partition coefficient (Wildman–Crippen LogP) is 9.25. The third-order valence-corrected chi connectivity index (χ3v) is 7.18. The molecular weight excluding hydrogens is 540 g/mol. The fraction of sp³-hybridized carbons (Fsp3) is 0.730. The summed E-state index contributed by atoms with van der Waals surface area (Å²) in [5.41, 5.74) is 0. The Balaban J connectivity index is 3.74. The van der Waals surface area contributed by atoms with Gasteiger partial charge in [-0.05, 0) is 51.4 Å². The lowest BCUT2D eigenvalue weighted by atomic mass is 10.1. The Morgan fingerprint density at radius 1 is 0.628 bits per heavy atom. The van der Waals surface area contributed by atoms with Gasteiger partial charge in [0.1, 0.15) is 6.61 Å². The van der Waals surface area contributed by atoms with Crippen molar-refractivity contribution in [2.24, 2.45) is 0 Å². The summed E-state index contributed by atoms with van der Waals surface area (Å²) in [6.07, 6.45) is 36.6. The molecule has 43 heavy (non-hydrogen) atoms. The minimum atomic E-state index is -0.807. The maximum Gasteiger partial charge on any atom is 0.306 e. The van der Waals surface area contributed by atoms with Crippen LogP contribution in [0.1, 0.15) is 149 Å². The molecule has 2 atom stereocenters. The lowest BCUT2D eigenvalue weighted by Crippen LogP contribution is -2.28. The Hall–Kier alpha value is -2.18. The van der Waals surface area contributed by atoms with Crippen LogP contribution in [0.25, 0.3) is 0 Å². The van der Waals surface area contributed by atoms with Gasteiger partial charge in [-0.15, -0.1) is 0 Å². The minimum absolute atomic E-state index is 0.0968. The second kappa shape index (κ2) is 32.7. The van der Waals surface area contributed by atoms with Crippen LogP contribution >= 0.6 is 0 Å². The number of aliphatic hydroxyl groups is 2. The summed E-state index contributed by atoms with van der Waals surface area (Å²) in [6, 6.07) is 0. The average molecular weight is 605 g/mol. The van der Waals surface area contributed by atoms with E-state index in [-0.39, 0.29) is 37.7 Å². The molecule has 0 saturated heterocycles. The molecule has 0 heterocycles. The zero-order valence-electron chi connectivity index (χ0n) is 27.6. The standard InChI is InChI=1S/C37H64O6/c1-3-5-6-7-8-9-13-17-20-23-26-30-36(40)42-33-35(32-38)43-37(41)31-27-24-21-18-15-12-10-11-14-16-19-22-25-29-34(39)28-4-2/h10,12,14,16,18,21-22,25,34-35,38-39H,3-9,11,13,15,17,19-20,23-24,26-33H2,1-2H3/b12-10-,16-14-,21-18-,25-22-/t34?,35-/m0/s1. The number of hydrogen-bond donors (Lipinski definition) is 2. The molecule has 1 unspecified atom stereocenters. The van der Waals surface area contributed by atoms with Gasteiger partial charge in [-0.1, -0.05) is 133 Å². The molecule has 0 saturated carbocycles. The molecule has 6 nitrogen and oxygen atoms in total. The predicted molar refractivity (Wildman–Crippen MR) is 179 cm³/mol. The van der Waals surface area contributed by atoms with Crippen molar-refractivity contribution in [2.45, 2.75) is 161 Å². The first-order valence-electron chi connectivity index (χ1n) is 17.3. The van der Waals surface area contributed by atoms with E-state index in [2.05, 4.69) is 56.4 Å². The molecule has 0 aliphatic heterocycles. The van der Waals surface area contributed by atoms with Gasteiger partial charge in [-0.2, -0.15) is 0 Å². The normalized spacial score (nSPS) is 13.5. The SMILES string of the molecule is CCCCCCCCCCCCCC(=O)OC[C@H](CO)OC(=O)CCC/C=C\C/C=C\C/C=C\C/C=C\CC(O)CCC. The van der Waals surface area contributed by atoms with Crippen molar-refractivity contribution in [1.82, 2.24) is 0 Å². The number of unbranched alkanes of at least 4 members (excludes halogenated alkanes) is 11. The maximum atomic E-state index is 12.1. The van der Waals surface area contributed by atoms with E-state index >= 15 is 0 Å². The highest BCUT2D eigenvalue weighted by atomic mass is 16.6. The van der Waals surface area contributed by atoms with Gasteiger partial charge in [0.2, 0.25) is 0 Å². The summed E-state index contributed by atoms with van der Waals surface area (Å²) in [5.74, 6) is -0.681. The van der Waals surface area contributed by atoms with E-state index in [1.165, 1.54) is 51.4 Å². The Kier molecular flexibility index (Phi) is 31.1. The Morgan fingerprint density at radius 3 is 1.70 bits per heavy atom. The van der Waals surface area contributed by atoms with Crippen molar-refractivity contribution in [3.63, 3.8) is 0 Å². The number of aliphatic hydroxyl groups excluding tert-OH is 2. The molecule has 0 aliphatic carbocycles. The van der Waals surface area contributed by atoms with E-state index in [9.17, 15) is 19.8 Å². The highest BCUT2D eigenvalue weighted by Gasteiger charge is 2.15. The highest BCUT2D eigenvalue weighted by Crippen LogP contribution is 2.12. The first-order chi connectivity index (χ1) is 21.0. The van der Waals surface area contributed by atoms with Crippen molar-refractivity contribution in [1.29, 1.82) is 0 Å². The summed E-state index contributed by atoms with van der Waals surface area (Å²) < 4.78 is 10.5. The second-order valence-electron chi connectivity index (χ2n) is 11.4. The lowest BCUT2D eigenvalue weighted by molar-refractivity contribution is -0.161. The van der Waals surface area contributed by atoms with Crippen LogP contribution in [0.3, 0.4) is 0 Å². The minimum Gasteiger partial charge on any atom is -0.462 e. The smallest absolute Gasteiger partial charge is 0.306 e. The largest absolute Gasteiger partial charge is 0.462 e. The lowest BCUT2D eigenvalue weighted by Gasteiger charge is -2.15. The Morgan fingerprint density at radius 2 is 1.14 bits per heavy atom. The molecule has 0 radical (unpaired) electrons. The number of esters is 2. The first-order valence-corrected chi connectivity index (χ1v) is 17.3. The monoisotopic (exact) mass is 604 g/mol. The van der Waals surface area contributed by atoms with Gasteiger partial charge in [-0.25, -0.2) is 0 Å². The van der Waals surface area contributed by atoms with E-state index in [1.807, 2.05) is 6.08 Å². The van der Waals surface area contributed by atoms with Crippen LogP contribution in [0.15, 0.2) is 48.6 Å². The topological polar surface area (TPSA) is 93.1 Å². The quantitative estimate of drug-likeness (QED) is 0.0482. The van der Waals surface area contributed by atoms with E-state index in [0.717, 1.165) is 64.2 Å². The van der Waals surface area contributed by atoms with Gasteiger partial charge in [0.05, 0.1) is 12.7 Å². The summed E-state index contributed by atoms with van der Waals surface area (Å²) in [7, 11) is 0. The Labute approximate surface area is 263 Å². The summed E-state index contributed by atoms with van der Waals surface area (Å²) in [6.45, 7) is 3.86. The van der Waals surface area contributed by atoms with Crippen LogP contribution in [0.4, 0.5) is 0 Å². The molecule has 0 fully saturated rings. The molecular formula is C37H64O6. The van der Waals surface area contributed by atoms with E-state index in [4.69, 9.17) is 9.47 Å². The van der Waals surface area contributed by atoms with Gasteiger partial charge in [0, 0.05) is 12.8 Å². The fourth-order valence-electron chi connectivity index (χ4n) is 4.56. The summed E-state index contributed by atoms with van der Waals surface area (Å²) in [5, 5.41) is 19.2. The number of carbonyl (C=O) groups excluding carboxylic acids is 2. The van der Waals surface area contributed by atoms with Crippen LogP contribution in [-0.2, 0) is 19.1 Å². The number of ether oxygens (including phenoxy) is 2. The number of hydrogen-bond acceptors (Lipinski definition) is 6. The zero-order valence-corrected chi connectivity index (χ0v) is 27.6. The molecule has 2 N–H and O–H groups in total. The molecule has 0 rings (SSSR count). The van der Waals surface area contributed by atoms with Crippen molar-refractivity contribution in [3.05, 3.63) is 48.6 Å². The van der Waals surface area contributed by atoms with Crippen LogP contribution in [0.2, 0.25) is 0 Å². The average Bonchev–Trinajstić information content (AvgIpc) is 3.00. The molecule has 0 aromatic heterocycles. The van der Waals surface area contributed by atoms with Crippen LogP contribution in [0.5, 0.6) is 0 Å². The molecule has 0 aromatic carbocycles. The van der Waals surface area contributed by atoms with Crippen LogP contribution in [0, 0.1) is 0 Å². The van der Waals surface area contributed by atoms with Gasteiger partial charge in [0.25, 0.3) is 0 Å². The van der Waals surface area contributed by atoms with Crippen molar-refractivity contribution in [3.8, 4) is 0 Å². The Bertz CT molecular complexity index is 754. The van der Waals surface area contributed by atoms with Crippen molar-refractivity contribution in [2.75, 3.05) is 13.2 Å². The number of rotatable bonds is 30. The third-order valence-electron chi connectivity index (χ3n) is 7.18. The number of carbonyl (C=O) groups is 2. The molecule has 248 valence electrons. The second-order valence-corrected chi connectivity index (χ2v) is 11.4. The van der Waals surface area contributed by atoms with E-state index < -0.39 is 6.10 Å².